The van der Waals surface area contributed by atoms with Gasteiger partial charge in [0.05, 0.1) is 19.8 Å². The first-order valence-corrected chi connectivity index (χ1v) is 21.5. The van der Waals surface area contributed by atoms with E-state index in [4.69, 9.17) is 15.2 Å². The fourth-order valence-electron chi connectivity index (χ4n) is 7.10. The number of unbranched alkanes of at least 4 members (excludes halogenated alkanes) is 26. The van der Waals surface area contributed by atoms with Crippen LogP contribution in [0.15, 0.2) is 0 Å². The number of carbonyl (C=O) groups excluding carboxylic acids is 2. The van der Waals surface area contributed by atoms with Crippen molar-refractivity contribution >= 4 is 12.0 Å². The monoisotopic (exact) mass is 728 g/mol. The molecule has 0 aliphatic carbocycles. The number of aliphatic hydroxyl groups excluding tert-OH is 3. The summed E-state index contributed by atoms with van der Waals surface area (Å²) < 4.78 is 11.7. The van der Waals surface area contributed by atoms with Crippen LogP contribution in [0, 0.1) is 0 Å². The van der Waals surface area contributed by atoms with Gasteiger partial charge in [0.25, 0.3) is 0 Å². The summed E-state index contributed by atoms with van der Waals surface area (Å²) in [4.78, 5) is 27.2. The van der Waals surface area contributed by atoms with E-state index < -0.39 is 49.2 Å². The molecule has 1 heterocycles. The molecule has 0 aromatic rings. The Hall–Kier alpha value is -1.46. The third-order valence-electron chi connectivity index (χ3n) is 10.4. The first-order valence-electron chi connectivity index (χ1n) is 21.5. The van der Waals surface area contributed by atoms with E-state index in [1.807, 2.05) is 0 Å². The third-order valence-corrected chi connectivity index (χ3v) is 10.4. The number of hydrogen-bond donors (Lipinski definition) is 5. The van der Waals surface area contributed by atoms with Gasteiger partial charge in [-0.3, -0.25) is 9.69 Å². The second-order valence-corrected chi connectivity index (χ2v) is 15.0. The number of ether oxygens (including phenoxy) is 2. The zero-order valence-corrected chi connectivity index (χ0v) is 33.0. The van der Waals surface area contributed by atoms with Crippen LogP contribution in [-0.2, 0) is 14.3 Å². The maximum absolute atomic E-state index is 13.5. The van der Waals surface area contributed by atoms with E-state index >= 15 is 0 Å². The maximum Gasteiger partial charge on any atom is 0.411 e. The molecule has 10 heteroatoms. The van der Waals surface area contributed by atoms with E-state index in [0.29, 0.717) is 13.0 Å². The van der Waals surface area contributed by atoms with Gasteiger partial charge in [0.15, 0.2) is 6.23 Å². The van der Waals surface area contributed by atoms with Gasteiger partial charge >= 0.3 is 6.09 Å². The average Bonchev–Trinajstić information content (AvgIpc) is 3.13. The molecule has 51 heavy (non-hydrogen) atoms. The van der Waals surface area contributed by atoms with Crippen LogP contribution in [0.4, 0.5) is 4.79 Å². The molecule has 0 aromatic heterocycles. The van der Waals surface area contributed by atoms with Crippen molar-refractivity contribution in [2.24, 2.45) is 5.73 Å². The molecule has 1 aliphatic heterocycles. The van der Waals surface area contributed by atoms with Crippen molar-refractivity contribution in [3.8, 4) is 0 Å². The number of nitrogens with one attached hydrogen (secondary N) is 1. The lowest BCUT2D eigenvalue weighted by molar-refractivity contribution is -0.226. The highest BCUT2D eigenvalue weighted by molar-refractivity contribution is 5.78. The molecular formula is C41H81N3O7. The van der Waals surface area contributed by atoms with Crippen molar-refractivity contribution in [1.29, 1.82) is 0 Å². The number of hydrogen-bond acceptors (Lipinski definition) is 8. The van der Waals surface area contributed by atoms with Crippen molar-refractivity contribution < 1.29 is 34.4 Å². The SMILES string of the molecule is CCCCCCCCCCCCCCCCCCN(C(=O)OCCCCCCCCCCCCCC)[C@@H]1O[C@H](CO)[C@@H](O)[C@H](O)[C@H]1NC(=O)CN. The van der Waals surface area contributed by atoms with Crippen LogP contribution in [0.5, 0.6) is 0 Å². The highest BCUT2D eigenvalue weighted by Gasteiger charge is 2.48. The lowest BCUT2D eigenvalue weighted by atomic mass is 9.95. The molecule has 0 saturated carbocycles. The molecule has 1 aliphatic rings. The Kier molecular flexibility index (Phi) is 30.9. The van der Waals surface area contributed by atoms with Gasteiger partial charge in [-0.05, 0) is 12.8 Å². The predicted molar refractivity (Wildman–Crippen MR) is 207 cm³/mol. The number of amides is 2. The van der Waals surface area contributed by atoms with Crippen LogP contribution >= 0.6 is 0 Å². The summed E-state index contributed by atoms with van der Waals surface area (Å²) in [6, 6.07) is -1.13. The van der Waals surface area contributed by atoms with E-state index in [9.17, 15) is 24.9 Å². The molecule has 6 N–H and O–H groups in total. The minimum absolute atomic E-state index is 0.271. The van der Waals surface area contributed by atoms with Gasteiger partial charge < -0.3 is 35.8 Å². The van der Waals surface area contributed by atoms with Crippen molar-refractivity contribution in [1.82, 2.24) is 10.2 Å². The van der Waals surface area contributed by atoms with Crippen LogP contribution in [0.3, 0.4) is 0 Å². The van der Waals surface area contributed by atoms with Gasteiger partial charge in [-0.1, -0.05) is 181 Å². The van der Waals surface area contributed by atoms with E-state index in [1.54, 1.807) is 0 Å². The number of rotatable bonds is 34. The van der Waals surface area contributed by atoms with Crippen LogP contribution < -0.4 is 11.1 Å². The summed E-state index contributed by atoms with van der Waals surface area (Å²) in [5, 5.41) is 33.9. The lowest BCUT2D eigenvalue weighted by Gasteiger charge is -2.46. The molecule has 5 atom stereocenters. The molecule has 2 amide bonds. The summed E-state index contributed by atoms with van der Waals surface area (Å²) >= 11 is 0. The Bertz CT molecular complexity index is 820. The van der Waals surface area contributed by atoms with Gasteiger partial charge in [0.2, 0.25) is 5.91 Å². The molecule has 1 rings (SSSR count). The summed E-state index contributed by atoms with van der Waals surface area (Å²) in [6.45, 7) is 4.21. The fraction of sp³-hybridized carbons (Fsp3) is 0.951. The molecular weight excluding hydrogens is 646 g/mol. The minimum atomic E-state index is -1.46. The summed E-state index contributed by atoms with van der Waals surface area (Å²) in [7, 11) is 0. The van der Waals surface area contributed by atoms with Crippen LogP contribution in [-0.4, -0.2) is 89.1 Å². The van der Waals surface area contributed by atoms with E-state index in [1.165, 1.54) is 140 Å². The molecule has 0 aromatic carbocycles. The predicted octanol–water partition coefficient (Wildman–Crippen LogP) is 8.27. The van der Waals surface area contributed by atoms with E-state index in [2.05, 4.69) is 19.2 Å². The van der Waals surface area contributed by atoms with E-state index in [0.717, 1.165) is 38.5 Å². The second kappa shape index (κ2) is 33.1. The number of carbonyl (C=O) groups is 2. The Labute approximate surface area is 312 Å². The van der Waals surface area contributed by atoms with Gasteiger partial charge in [-0.2, -0.15) is 0 Å². The van der Waals surface area contributed by atoms with Gasteiger partial charge in [0, 0.05) is 6.54 Å². The molecule has 0 unspecified atom stereocenters. The summed E-state index contributed by atoms with van der Waals surface area (Å²) in [5.41, 5.74) is 5.53. The molecule has 0 bridgehead atoms. The molecule has 1 fully saturated rings. The minimum Gasteiger partial charge on any atom is -0.449 e. The van der Waals surface area contributed by atoms with Crippen LogP contribution in [0.1, 0.15) is 194 Å². The zero-order chi connectivity index (χ0) is 37.4. The van der Waals surface area contributed by atoms with Crippen molar-refractivity contribution in [2.75, 3.05) is 26.3 Å². The Morgan fingerprint density at radius 2 is 1.02 bits per heavy atom. The molecule has 0 spiro atoms. The molecule has 302 valence electrons. The van der Waals surface area contributed by atoms with Gasteiger partial charge in [-0.15, -0.1) is 0 Å². The lowest BCUT2D eigenvalue weighted by Crippen LogP contribution is -2.69. The molecule has 0 radical (unpaired) electrons. The Morgan fingerprint density at radius 3 is 1.41 bits per heavy atom. The standard InChI is InChI=1S/C41H81N3O7/c1-3-5-7-9-11-13-15-17-18-19-20-21-23-25-27-29-31-44(40-37(43-36(46)33-42)39(48)38(47)35(34-45)51-40)41(49)50-32-30-28-26-24-22-16-14-12-10-8-6-4-2/h35,37-40,45,47-48H,3-34,42H2,1-2H3,(H,43,46)/t35-,37-,38-,39-,40-/m1/s1. The topological polar surface area (TPSA) is 155 Å². The van der Waals surface area contributed by atoms with Crippen LogP contribution in [0.25, 0.3) is 0 Å². The fourth-order valence-corrected chi connectivity index (χ4v) is 7.10. The maximum atomic E-state index is 13.5. The Balaban J connectivity index is 2.51. The summed E-state index contributed by atoms with van der Waals surface area (Å²) in [5.74, 6) is -0.547. The largest absolute Gasteiger partial charge is 0.449 e. The quantitative estimate of drug-likeness (QED) is 0.0415. The van der Waals surface area contributed by atoms with Crippen molar-refractivity contribution in [3.05, 3.63) is 0 Å². The zero-order valence-electron chi connectivity index (χ0n) is 33.0. The molecule has 1 saturated heterocycles. The molecule has 10 nitrogen and oxygen atoms in total. The number of nitrogens with zero attached hydrogens (tertiary/aromatic N) is 1. The van der Waals surface area contributed by atoms with Crippen molar-refractivity contribution in [2.45, 2.75) is 224 Å². The van der Waals surface area contributed by atoms with E-state index in [-0.39, 0.29) is 13.2 Å². The first-order chi connectivity index (χ1) is 24.9. The van der Waals surface area contributed by atoms with Gasteiger partial charge in [-0.25, -0.2) is 4.79 Å². The Morgan fingerprint density at radius 1 is 0.627 bits per heavy atom. The number of aliphatic hydroxyl groups is 3. The second-order valence-electron chi connectivity index (χ2n) is 15.0. The average molecular weight is 728 g/mol. The van der Waals surface area contributed by atoms with Crippen molar-refractivity contribution in [3.63, 3.8) is 0 Å². The number of nitrogens with two attached hydrogens (primary N) is 1. The normalized spacial score (nSPS) is 20.4. The highest BCUT2D eigenvalue weighted by atomic mass is 16.6. The smallest absolute Gasteiger partial charge is 0.411 e. The van der Waals surface area contributed by atoms with Gasteiger partial charge in [0.1, 0.15) is 24.4 Å². The highest BCUT2D eigenvalue weighted by Crippen LogP contribution is 2.25. The third kappa shape index (κ3) is 23.0. The first kappa shape index (κ1) is 47.6. The summed E-state index contributed by atoms with van der Waals surface area (Å²) in [6.07, 6.45) is 28.6. The van der Waals surface area contributed by atoms with Crippen LogP contribution in [0.2, 0.25) is 0 Å².